The number of carbonyl (C=O) groups excluding carboxylic acids is 2. The first-order valence-corrected chi connectivity index (χ1v) is 6.64. The van der Waals surface area contributed by atoms with Gasteiger partial charge in [-0.05, 0) is 38.7 Å². The summed E-state index contributed by atoms with van der Waals surface area (Å²) < 4.78 is 0. The van der Waals surface area contributed by atoms with Crippen LogP contribution >= 0.6 is 0 Å². The summed E-state index contributed by atoms with van der Waals surface area (Å²) in [5.74, 6) is -0.536. The van der Waals surface area contributed by atoms with E-state index in [1.54, 1.807) is 24.6 Å². The lowest BCUT2D eigenvalue weighted by atomic mass is 10.0. The summed E-state index contributed by atoms with van der Waals surface area (Å²) in [5.41, 5.74) is 6.42. The lowest BCUT2D eigenvalue weighted by Gasteiger charge is -2.10. The lowest BCUT2D eigenvalue weighted by Crippen LogP contribution is -2.27. The maximum Gasteiger partial charge on any atom is 0.248 e. The number of nitrogens with one attached hydrogen (secondary N) is 1. The third-order valence-electron chi connectivity index (χ3n) is 2.84. The van der Waals surface area contributed by atoms with E-state index in [0.717, 1.165) is 13.0 Å². The minimum absolute atomic E-state index is 0.0528. The topological polar surface area (TPSA) is 75.4 Å². The van der Waals surface area contributed by atoms with E-state index in [9.17, 15) is 9.59 Å². The number of nitrogens with two attached hydrogens (primary N) is 1. The molecule has 0 atom stereocenters. The molecule has 2 amide bonds. The fourth-order valence-corrected chi connectivity index (χ4v) is 1.80. The molecule has 0 aliphatic carbocycles. The number of hydrogen-bond acceptors (Lipinski definition) is 3. The predicted molar refractivity (Wildman–Crippen MR) is 79.2 cm³/mol. The minimum atomic E-state index is -0.483. The smallest absolute Gasteiger partial charge is 0.248 e. The second kappa shape index (κ2) is 8.32. The van der Waals surface area contributed by atoms with Crippen molar-refractivity contribution in [3.63, 3.8) is 0 Å². The summed E-state index contributed by atoms with van der Waals surface area (Å²) in [5, 5.41) is 2.84. The average molecular weight is 276 g/mol. The second-order valence-corrected chi connectivity index (χ2v) is 4.87. The molecule has 1 aromatic rings. The molecule has 0 bridgehead atoms. The molecule has 0 heterocycles. The summed E-state index contributed by atoms with van der Waals surface area (Å²) in [4.78, 5) is 25.0. The molecule has 1 radical (unpaired) electrons. The van der Waals surface area contributed by atoms with E-state index in [1.807, 2.05) is 20.2 Å². The zero-order valence-electron chi connectivity index (χ0n) is 12.1. The van der Waals surface area contributed by atoms with Crippen LogP contribution in [0.1, 0.15) is 28.8 Å². The van der Waals surface area contributed by atoms with Gasteiger partial charge in [0.25, 0.3) is 0 Å². The highest BCUT2D eigenvalue weighted by atomic mass is 16.1. The van der Waals surface area contributed by atoms with Gasteiger partial charge in [0.1, 0.15) is 0 Å². The largest absolute Gasteiger partial charge is 0.366 e. The number of amides is 2. The zero-order chi connectivity index (χ0) is 15.0. The third kappa shape index (κ3) is 5.84. The minimum Gasteiger partial charge on any atom is -0.366 e. The first-order valence-electron chi connectivity index (χ1n) is 6.64. The van der Waals surface area contributed by atoms with Crippen molar-refractivity contribution < 1.29 is 9.59 Å². The Balaban J connectivity index is 2.36. The molecule has 0 aromatic heterocycles. The van der Waals surface area contributed by atoms with E-state index in [1.165, 1.54) is 0 Å². The molecule has 0 saturated carbocycles. The van der Waals surface area contributed by atoms with Gasteiger partial charge >= 0.3 is 0 Å². The van der Waals surface area contributed by atoms with E-state index in [0.29, 0.717) is 17.7 Å². The molecule has 1 rings (SSSR count). The Hall–Kier alpha value is -1.88. The van der Waals surface area contributed by atoms with Crippen molar-refractivity contribution >= 4 is 11.8 Å². The van der Waals surface area contributed by atoms with Gasteiger partial charge in [-0.2, -0.15) is 0 Å². The molecule has 1 aromatic carbocycles. The predicted octanol–water partition coefficient (Wildman–Crippen LogP) is 0.796. The van der Waals surface area contributed by atoms with Crippen LogP contribution in [0.2, 0.25) is 0 Å². The summed E-state index contributed by atoms with van der Waals surface area (Å²) >= 11 is 0. The number of rotatable bonds is 8. The van der Waals surface area contributed by atoms with Gasteiger partial charge in [-0.1, -0.05) is 18.2 Å². The highest BCUT2D eigenvalue weighted by Crippen LogP contribution is 2.12. The molecule has 0 aliphatic heterocycles. The van der Waals surface area contributed by atoms with Crippen molar-refractivity contribution in [1.29, 1.82) is 0 Å². The Kier molecular flexibility index (Phi) is 6.73. The van der Waals surface area contributed by atoms with Gasteiger partial charge in [0, 0.05) is 24.9 Å². The number of primary amides is 1. The van der Waals surface area contributed by atoms with Crippen LogP contribution < -0.4 is 11.1 Å². The summed E-state index contributed by atoms with van der Waals surface area (Å²) in [6, 6.07) is 6.99. The molecular formula is C15H22N3O2. The fraction of sp³-hybridized carbons (Fsp3) is 0.400. The van der Waals surface area contributed by atoms with Crippen molar-refractivity contribution in [2.45, 2.75) is 12.8 Å². The maximum absolute atomic E-state index is 11.7. The second-order valence-electron chi connectivity index (χ2n) is 4.87. The zero-order valence-corrected chi connectivity index (χ0v) is 12.1. The number of benzene rings is 1. The normalized spacial score (nSPS) is 10.6. The molecule has 0 spiro atoms. The number of nitrogens with zero attached hydrogens (tertiary/aromatic N) is 1. The van der Waals surface area contributed by atoms with Crippen molar-refractivity contribution in [2.75, 3.05) is 27.2 Å². The monoisotopic (exact) mass is 276 g/mol. The van der Waals surface area contributed by atoms with Gasteiger partial charge in [0.15, 0.2) is 0 Å². The molecule has 0 unspecified atom stereocenters. The molecule has 20 heavy (non-hydrogen) atoms. The SMILES string of the molecule is CN(C)CCCNC(=O)C[CH]c1ccccc1C(N)=O. The van der Waals surface area contributed by atoms with Crippen molar-refractivity contribution in [2.24, 2.45) is 5.73 Å². The van der Waals surface area contributed by atoms with Crippen molar-refractivity contribution in [1.82, 2.24) is 10.2 Å². The Labute approximate surface area is 120 Å². The summed E-state index contributed by atoms with van der Waals surface area (Å²) in [6.45, 7) is 1.59. The standard InChI is InChI=1S/C15H22N3O2/c1-18(2)11-5-10-17-14(19)9-8-12-6-3-4-7-13(12)15(16)20/h3-4,6-8H,5,9-11H2,1-2H3,(H2,16,20)(H,17,19). The van der Waals surface area contributed by atoms with Gasteiger partial charge in [-0.15, -0.1) is 0 Å². The molecule has 5 heteroatoms. The Morgan fingerprint density at radius 2 is 2.00 bits per heavy atom. The van der Waals surface area contributed by atoms with E-state index < -0.39 is 5.91 Å². The molecule has 5 nitrogen and oxygen atoms in total. The van der Waals surface area contributed by atoms with Crippen LogP contribution in [0.15, 0.2) is 24.3 Å². The van der Waals surface area contributed by atoms with E-state index in [4.69, 9.17) is 5.73 Å². The molecule has 3 N–H and O–H groups in total. The summed E-state index contributed by atoms with van der Waals surface area (Å²) in [6.07, 6.45) is 2.88. The van der Waals surface area contributed by atoms with Gasteiger partial charge in [-0.3, -0.25) is 9.59 Å². The van der Waals surface area contributed by atoms with Crippen LogP contribution in [0.25, 0.3) is 0 Å². The molecule has 0 saturated heterocycles. The quantitative estimate of drug-likeness (QED) is 0.689. The average Bonchev–Trinajstić information content (AvgIpc) is 2.41. The summed E-state index contributed by atoms with van der Waals surface area (Å²) in [7, 11) is 3.99. The van der Waals surface area contributed by atoms with E-state index in [-0.39, 0.29) is 12.3 Å². The van der Waals surface area contributed by atoms with Gasteiger partial charge < -0.3 is 16.0 Å². The third-order valence-corrected chi connectivity index (χ3v) is 2.84. The molecule has 109 valence electrons. The highest BCUT2D eigenvalue weighted by Gasteiger charge is 2.09. The van der Waals surface area contributed by atoms with Crippen LogP contribution in [0.5, 0.6) is 0 Å². The van der Waals surface area contributed by atoms with Crippen LogP contribution in [0.4, 0.5) is 0 Å². The molecule has 0 fully saturated rings. The van der Waals surface area contributed by atoms with Gasteiger partial charge in [0.2, 0.25) is 11.8 Å². The Morgan fingerprint density at radius 3 is 2.65 bits per heavy atom. The van der Waals surface area contributed by atoms with Crippen molar-refractivity contribution in [3.8, 4) is 0 Å². The number of hydrogen-bond donors (Lipinski definition) is 2. The van der Waals surface area contributed by atoms with E-state index in [2.05, 4.69) is 10.2 Å². The van der Waals surface area contributed by atoms with Crippen LogP contribution in [0.3, 0.4) is 0 Å². The van der Waals surface area contributed by atoms with E-state index >= 15 is 0 Å². The maximum atomic E-state index is 11.7. The van der Waals surface area contributed by atoms with Crippen LogP contribution in [0, 0.1) is 6.42 Å². The first kappa shape index (κ1) is 16.2. The number of carbonyl (C=O) groups is 2. The lowest BCUT2D eigenvalue weighted by molar-refractivity contribution is -0.120. The van der Waals surface area contributed by atoms with Crippen LogP contribution in [-0.2, 0) is 4.79 Å². The molecular weight excluding hydrogens is 254 g/mol. The van der Waals surface area contributed by atoms with Crippen molar-refractivity contribution in [3.05, 3.63) is 41.8 Å². The molecule has 0 aliphatic rings. The highest BCUT2D eigenvalue weighted by molar-refractivity contribution is 5.95. The Morgan fingerprint density at radius 1 is 1.30 bits per heavy atom. The van der Waals surface area contributed by atoms with Crippen LogP contribution in [-0.4, -0.2) is 43.9 Å². The fourth-order valence-electron chi connectivity index (χ4n) is 1.80. The van der Waals surface area contributed by atoms with Gasteiger partial charge in [0.05, 0.1) is 0 Å². The van der Waals surface area contributed by atoms with Gasteiger partial charge in [-0.25, -0.2) is 0 Å². The Bertz CT molecular complexity index is 458. The first-order chi connectivity index (χ1) is 9.50.